The van der Waals surface area contributed by atoms with Gasteiger partial charge in [0, 0.05) is 6.04 Å². The van der Waals surface area contributed by atoms with E-state index in [9.17, 15) is 4.79 Å². The van der Waals surface area contributed by atoms with Crippen LogP contribution in [0.1, 0.15) is 29.6 Å². The highest BCUT2D eigenvalue weighted by Gasteiger charge is 2.20. The molecule has 1 aliphatic rings. The van der Waals surface area contributed by atoms with E-state index in [4.69, 9.17) is 5.11 Å². The van der Waals surface area contributed by atoms with Gasteiger partial charge >= 0.3 is 5.97 Å². The molecule has 1 aliphatic carbocycles. The molecule has 2 N–H and O–H groups in total. The Labute approximate surface area is 81.2 Å². The summed E-state index contributed by atoms with van der Waals surface area (Å²) in [4.78, 5) is 10.8. The van der Waals surface area contributed by atoms with Crippen molar-refractivity contribution >= 4 is 11.8 Å². The Morgan fingerprint density at radius 3 is 2.93 bits per heavy atom. The zero-order valence-corrected chi connectivity index (χ0v) is 7.60. The topological polar surface area (TPSA) is 75.1 Å². The van der Waals surface area contributed by atoms with Crippen molar-refractivity contribution in [3.63, 3.8) is 0 Å². The maximum absolute atomic E-state index is 10.8. The largest absolute Gasteiger partial charge is 0.478 e. The summed E-state index contributed by atoms with van der Waals surface area (Å²) >= 11 is 0. The molecule has 0 spiro atoms. The van der Waals surface area contributed by atoms with Gasteiger partial charge in [0.05, 0.1) is 6.20 Å². The molecule has 1 saturated carbocycles. The normalized spacial score (nSPS) is 16.0. The smallest absolute Gasteiger partial charge is 0.339 e. The fourth-order valence-electron chi connectivity index (χ4n) is 1.36. The van der Waals surface area contributed by atoms with Crippen molar-refractivity contribution in [2.75, 3.05) is 5.32 Å². The van der Waals surface area contributed by atoms with Crippen molar-refractivity contribution in [1.29, 1.82) is 0 Å². The molecule has 1 fully saturated rings. The maximum Gasteiger partial charge on any atom is 0.339 e. The van der Waals surface area contributed by atoms with E-state index in [2.05, 4.69) is 15.5 Å². The summed E-state index contributed by atoms with van der Waals surface area (Å²) < 4.78 is 0. The minimum Gasteiger partial charge on any atom is -0.478 e. The van der Waals surface area contributed by atoms with Crippen molar-refractivity contribution in [3.05, 3.63) is 17.8 Å². The number of nitrogens with one attached hydrogen (secondary N) is 1. The Hall–Kier alpha value is -1.65. The third-order valence-electron chi connectivity index (χ3n) is 2.40. The number of carboxylic acid groups (broad SMARTS) is 1. The van der Waals surface area contributed by atoms with Crippen LogP contribution in [-0.4, -0.2) is 27.3 Å². The first-order valence-electron chi connectivity index (χ1n) is 4.59. The first kappa shape index (κ1) is 8.93. The Balaban J connectivity index is 2.17. The molecule has 0 bridgehead atoms. The van der Waals surface area contributed by atoms with Crippen LogP contribution in [0.4, 0.5) is 5.82 Å². The maximum atomic E-state index is 10.8. The van der Waals surface area contributed by atoms with Gasteiger partial charge in [-0.15, -0.1) is 5.10 Å². The molecule has 5 heteroatoms. The number of aromatic carboxylic acids is 1. The van der Waals surface area contributed by atoms with E-state index >= 15 is 0 Å². The number of carboxylic acids is 1. The minimum absolute atomic E-state index is 0.187. The lowest BCUT2D eigenvalue weighted by atomic mass is 9.93. The summed E-state index contributed by atoms with van der Waals surface area (Å²) in [5.74, 6) is -0.591. The summed E-state index contributed by atoms with van der Waals surface area (Å²) in [5, 5.41) is 19.4. The van der Waals surface area contributed by atoms with Gasteiger partial charge in [-0.1, -0.05) is 0 Å². The van der Waals surface area contributed by atoms with Gasteiger partial charge in [-0.3, -0.25) is 0 Å². The Kier molecular flexibility index (Phi) is 2.30. The summed E-state index contributed by atoms with van der Waals surface area (Å²) in [6.07, 6.45) is 4.74. The molecule has 2 rings (SSSR count). The molecule has 0 amide bonds. The summed E-state index contributed by atoms with van der Waals surface area (Å²) in [6, 6.07) is 1.82. The summed E-state index contributed by atoms with van der Waals surface area (Å²) in [5.41, 5.74) is 0.187. The highest BCUT2D eigenvalue weighted by Crippen LogP contribution is 2.23. The van der Waals surface area contributed by atoms with Crippen LogP contribution in [0, 0.1) is 0 Å². The highest BCUT2D eigenvalue weighted by molar-refractivity contribution is 5.92. The van der Waals surface area contributed by atoms with Gasteiger partial charge in [0.2, 0.25) is 0 Å². The number of aromatic nitrogens is 2. The van der Waals surface area contributed by atoms with Crippen LogP contribution in [0.15, 0.2) is 12.3 Å². The lowest BCUT2D eigenvalue weighted by Crippen LogP contribution is -2.28. The molecule has 0 saturated heterocycles. The zero-order valence-electron chi connectivity index (χ0n) is 7.60. The van der Waals surface area contributed by atoms with E-state index in [0.717, 1.165) is 12.8 Å². The van der Waals surface area contributed by atoms with Crippen LogP contribution in [0.2, 0.25) is 0 Å². The molecule has 1 aromatic rings. The van der Waals surface area contributed by atoms with Gasteiger partial charge < -0.3 is 10.4 Å². The van der Waals surface area contributed by atoms with Crippen LogP contribution in [-0.2, 0) is 0 Å². The molecule has 1 aromatic heterocycles. The second-order valence-corrected chi connectivity index (χ2v) is 3.37. The van der Waals surface area contributed by atoms with E-state index in [-0.39, 0.29) is 5.56 Å². The van der Waals surface area contributed by atoms with Crippen LogP contribution in [0.5, 0.6) is 0 Å². The number of rotatable bonds is 3. The van der Waals surface area contributed by atoms with Crippen molar-refractivity contribution in [1.82, 2.24) is 10.2 Å². The van der Waals surface area contributed by atoms with Crippen molar-refractivity contribution in [3.8, 4) is 0 Å². The SMILES string of the molecule is O=C(O)c1ccnnc1NC1CCC1. The number of hydrogen-bond donors (Lipinski definition) is 2. The van der Waals surface area contributed by atoms with Crippen molar-refractivity contribution < 1.29 is 9.90 Å². The predicted molar refractivity (Wildman–Crippen MR) is 50.3 cm³/mol. The molecular formula is C9H11N3O2. The fourth-order valence-corrected chi connectivity index (χ4v) is 1.36. The molecule has 0 aromatic carbocycles. The quantitative estimate of drug-likeness (QED) is 0.752. The summed E-state index contributed by atoms with van der Waals surface area (Å²) in [7, 11) is 0. The first-order chi connectivity index (χ1) is 6.77. The van der Waals surface area contributed by atoms with E-state index in [1.165, 1.54) is 18.7 Å². The van der Waals surface area contributed by atoms with Crippen molar-refractivity contribution in [2.24, 2.45) is 0 Å². The third kappa shape index (κ3) is 1.66. The van der Waals surface area contributed by atoms with Crippen molar-refractivity contribution in [2.45, 2.75) is 25.3 Å². The standard InChI is InChI=1S/C9H11N3O2/c13-9(14)7-4-5-10-12-8(7)11-6-2-1-3-6/h4-6H,1-3H2,(H,11,12)(H,13,14). The van der Waals surface area contributed by atoms with Gasteiger partial charge in [-0.2, -0.15) is 5.10 Å². The third-order valence-corrected chi connectivity index (χ3v) is 2.40. The fraction of sp³-hybridized carbons (Fsp3) is 0.444. The van der Waals surface area contributed by atoms with Gasteiger partial charge in [0.1, 0.15) is 5.56 Å². The second-order valence-electron chi connectivity index (χ2n) is 3.37. The second kappa shape index (κ2) is 3.61. The number of hydrogen-bond acceptors (Lipinski definition) is 4. The lowest BCUT2D eigenvalue weighted by Gasteiger charge is -2.27. The molecule has 5 nitrogen and oxygen atoms in total. The Morgan fingerprint density at radius 1 is 1.57 bits per heavy atom. The Morgan fingerprint density at radius 2 is 2.36 bits per heavy atom. The van der Waals surface area contributed by atoms with Gasteiger partial charge in [-0.25, -0.2) is 4.79 Å². The lowest BCUT2D eigenvalue weighted by molar-refractivity contribution is 0.0697. The Bertz CT molecular complexity index is 350. The number of carbonyl (C=O) groups is 1. The first-order valence-corrected chi connectivity index (χ1v) is 4.59. The van der Waals surface area contributed by atoms with E-state index in [0.29, 0.717) is 11.9 Å². The molecule has 0 aliphatic heterocycles. The zero-order chi connectivity index (χ0) is 9.97. The molecule has 74 valence electrons. The van der Waals surface area contributed by atoms with E-state index in [1.807, 2.05) is 0 Å². The number of nitrogens with zero attached hydrogens (tertiary/aromatic N) is 2. The molecule has 14 heavy (non-hydrogen) atoms. The minimum atomic E-state index is -0.971. The number of anilines is 1. The van der Waals surface area contributed by atoms with Gasteiger partial charge in [0.25, 0.3) is 0 Å². The van der Waals surface area contributed by atoms with Gasteiger partial charge in [0.15, 0.2) is 5.82 Å². The average Bonchev–Trinajstić information content (AvgIpc) is 2.12. The monoisotopic (exact) mass is 193 g/mol. The molecular weight excluding hydrogens is 182 g/mol. The van der Waals surface area contributed by atoms with E-state index < -0.39 is 5.97 Å². The molecule has 1 heterocycles. The van der Waals surface area contributed by atoms with Crippen LogP contribution < -0.4 is 5.32 Å². The molecule has 0 atom stereocenters. The van der Waals surface area contributed by atoms with Gasteiger partial charge in [-0.05, 0) is 25.3 Å². The van der Waals surface area contributed by atoms with Crippen LogP contribution in [0.3, 0.4) is 0 Å². The molecule has 0 unspecified atom stereocenters. The summed E-state index contributed by atoms with van der Waals surface area (Å²) in [6.45, 7) is 0. The predicted octanol–water partition coefficient (Wildman–Crippen LogP) is 1.14. The molecule has 0 radical (unpaired) electrons. The highest BCUT2D eigenvalue weighted by atomic mass is 16.4. The van der Waals surface area contributed by atoms with E-state index in [1.54, 1.807) is 0 Å². The van der Waals surface area contributed by atoms with Crippen LogP contribution >= 0.6 is 0 Å². The van der Waals surface area contributed by atoms with Crippen LogP contribution in [0.25, 0.3) is 0 Å². The average molecular weight is 193 g/mol.